The molecular weight excluding hydrogens is 335 g/mol. The van der Waals surface area contributed by atoms with E-state index in [4.69, 9.17) is 4.74 Å². The summed E-state index contributed by atoms with van der Waals surface area (Å²) in [6.07, 6.45) is -3.70. The molecule has 0 aliphatic carbocycles. The van der Waals surface area contributed by atoms with Gasteiger partial charge in [0.1, 0.15) is 12.9 Å². The van der Waals surface area contributed by atoms with Crippen molar-refractivity contribution in [3.05, 3.63) is 12.4 Å². The Labute approximate surface area is 120 Å². The number of nitrogens with zero attached hydrogens (tertiary/aromatic N) is 4. The van der Waals surface area contributed by atoms with Gasteiger partial charge in [-0.05, 0) is 11.5 Å². The van der Waals surface area contributed by atoms with E-state index in [-0.39, 0.29) is 10.1 Å². The highest BCUT2D eigenvalue weighted by molar-refractivity contribution is 7.94. The molecule has 0 saturated heterocycles. The van der Waals surface area contributed by atoms with Crippen LogP contribution in [-0.2, 0) is 16.6 Å². The topological polar surface area (TPSA) is 99.0 Å². The Morgan fingerprint density at radius 3 is 2.76 bits per heavy atom. The summed E-state index contributed by atoms with van der Waals surface area (Å²) in [6, 6.07) is 1.17. The van der Waals surface area contributed by atoms with Crippen LogP contribution in [-0.4, -0.2) is 40.8 Å². The Morgan fingerprint density at radius 1 is 1.48 bits per heavy atom. The van der Waals surface area contributed by atoms with Gasteiger partial charge in [-0.2, -0.15) is 22.5 Å². The number of methoxy groups -OCH3 is 1. The average molecular weight is 343 g/mol. The Hall–Kier alpha value is -1.89. The van der Waals surface area contributed by atoms with Gasteiger partial charge >= 0.3 is 6.18 Å². The third-order valence-corrected chi connectivity index (χ3v) is 4.59. The van der Waals surface area contributed by atoms with Crippen molar-refractivity contribution in [1.29, 1.82) is 0 Å². The molecular formula is C8H8F3N5O3S2. The summed E-state index contributed by atoms with van der Waals surface area (Å²) >= 11 is 0.649. The van der Waals surface area contributed by atoms with Gasteiger partial charge in [0.15, 0.2) is 4.21 Å². The number of anilines is 1. The van der Waals surface area contributed by atoms with Gasteiger partial charge in [-0.3, -0.25) is 0 Å². The third kappa shape index (κ3) is 4.04. The Kier molecular flexibility index (Phi) is 4.04. The third-order valence-electron chi connectivity index (χ3n) is 2.04. The monoisotopic (exact) mass is 343 g/mol. The number of halogens is 3. The predicted molar refractivity (Wildman–Crippen MR) is 65.6 cm³/mol. The number of rotatable bonds is 5. The second kappa shape index (κ2) is 5.48. The highest BCUT2D eigenvalue weighted by Crippen LogP contribution is 2.23. The molecule has 0 unspecified atom stereocenters. The van der Waals surface area contributed by atoms with Gasteiger partial charge in [-0.1, -0.05) is 0 Å². The second-order valence-corrected chi connectivity index (χ2v) is 6.39. The van der Waals surface area contributed by atoms with Crippen LogP contribution in [0.2, 0.25) is 0 Å². The molecule has 21 heavy (non-hydrogen) atoms. The van der Waals surface area contributed by atoms with Gasteiger partial charge in [0.2, 0.25) is 5.88 Å². The zero-order valence-corrected chi connectivity index (χ0v) is 12.0. The molecule has 13 heteroatoms. The standard InChI is InChI=1S/C8H8F3N5O3S2/c1-19-5-2-6(20-14-5)21(17,18)15-7-12-4-16(13-7)3-8(9,10)11/h2,4H,3H2,1H3,(H,13,15). The van der Waals surface area contributed by atoms with Gasteiger partial charge in [0, 0.05) is 6.07 Å². The molecule has 2 aromatic heterocycles. The van der Waals surface area contributed by atoms with Crippen molar-refractivity contribution < 1.29 is 26.3 Å². The molecule has 0 spiro atoms. The summed E-state index contributed by atoms with van der Waals surface area (Å²) in [7, 11) is -2.71. The van der Waals surface area contributed by atoms with Gasteiger partial charge < -0.3 is 4.74 Å². The van der Waals surface area contributed by atoms with Crippen LogP contribution in [0.15, 0.2) is 16.6 Å². The molecule has 2 heterocycles. The minimum atomic E-state index is -4.48. The quantitative estimate of drug-likeness (QED) is 0.873. The number of hydrogen-bond acceptors (Lipinski definition) is 7. The molecule has 0 fully saturated rings. The van der Waals surface area contributed by atoms with Crippen LogP contribution in [0, 0.1) is 0 Å². The van der Waals surface area contributed by atoms with E-state index in [1.165, 1.54) is 13.2 Å². The number of aromatic nitrogens is 4. The predicted octanol–water partition coefficient (Wildman–Crippen LogP) is 1.11. The molecule has 2 rings (SSSR count). The first-order valence-corrected chi connectivity index (χ1v) is 7.45. The lowest BCUT2D eigenvalue weighted by molar-refractivity contribution is -0.142. The molecule has 8 nitrogen and oxygen atoms in total. The van der Waals surface area contributed by atoms with Crippen molar-refractivity contribution in [2.24, 2.45) is 0 Å². The zero-order chi connectivity index (χ0) is 15.7. The van der Waals surface area contributed by atoms with Crippen molar-refractivity contribution in [2.75, 3.05) is 11.8 Å². The number of ether oxygens (including phenoxy) is 1. The molecule has 0 aromatic carbocycles. The van der Waals surface area contributed by atoms with Crippen molar-refractivity contribution >= 4 is 27.5 Å². The number of alkyl halides is 3. The molecule has 0 aliphatic rings. The van der Waals surface area contributed by atoms with Gasteiger partial charge in [0.05, 0.1) is 7.11 Å². The van der Waals surface area contributed by atoms with Gasteiger partial charge in [0.25, 0.3) is 16.0 Å². The molecule has 0 amide bonds. The van der Waals surface area contributed by atoms with E-state index >= 15 is 0 Å². The molecule has 2 aromatic rings. The first kappa shape index (κ1) is 15.5. The minimum absolute atomic E-state index is 0.107. The fourth-order valence-electron chi connectivity index (χ4n) is 1.24. The van der Waals surface area contributed by atoms with Crippen LogP contribution in [0.25, 0.3) is 0 Å². The molecule has 0 saturated carbocycles. The number of nitrogens with one attached hydrogen (secondary N) is 1. The van der Waals surface area contributed by atoms with E-state index in [2.05, 4.69) is 14.5 Å². The van der Waals surface area contributed by atoms with Crippen LogP contribution in [0.5, 0.6) is 5.88 Å². The van der Waals surface area contributed by atoms with E-state index in [0.29, 0.717) is 16.2 Å². The van der Waals surface area contributed by atoms with E-state index in [9.17, 15) is 21.6 Å². The Balaban J connectivity index is 2.14. The van der Waals surface area contributed by atoms with E-state index in [1.807, 2.05) is 4.72 Å². The van der Waals surface area contributed by atoms with Crippen LogP contribution in [0.3, 0.4) is 0 Å². The molecule has 1 N–H and O–H groups in total. The minimum Gasteiger partial charge on any atom is -0.480 e. The lowest BCUT2D eigenvalue weighted by Gasteiger charge is -2.04. The maximum atomic E-state index is 12.1. The lowest BCUT2D eigenvalue weighted by atomic mass is 10.6. The largest absolute Gasteiger partial charge is 0.480 e. The summed E-state index contributed by atoms with van der Waals surface area (Å²) in [5.41, 5.74) is 0. The number of sulfonamides is 1. The van der Waals surface area contributed by atoms with Crippen molar-refractivity contribution in [2.45, 2.75) is 16.9 Å². The first-order chi connectivity index (χ1) is 9.69. The first-order valence-electron chi connectivity index (χ1n) is 5.19. The van der Waals surface area contributed by atoms with Crippen molar-refractivity contribution in [3.63, 3.8) is 0 Å². The summed E-state index contributed by atoms with van der Waals surface area (Å²) in [4.78, 5) is 3.45. The van der Waals surface area contributed by atoms with Crippen molar-refractivity contribution in [3.8, 4) is 5.88 Å². The Morgan fingerprint density at radius 2 is 2.19 bits per heavy atom. The van der Waals surface area contributed by atoms with Gasteiger partial charge in [-0.25, -0.2) is 17.8 Å². The van der Waals surface area contributed by atoms with Crippen LogP contribution < -0.4 is 9.46 Å². The molecule has 0 radical (unpaired) electrons. The SMILES string of the molecule is COc1cc(S(=O)(=O)Nc2ncn(CC(F)(F)F)n2)sn1. The zero-order valence-electron chi connectivity index (χ0n) is 10.3. The van der Waals surface area contributed by atoms with E-state index in [1.54, 1.807) is 0 Å². The lowest BCUT2D eigenvalue weighted by Crippen LogP contribution is -2.18. The summed E-state index contributed by atoms with van der Waals surface area (Å²) < 4.78 is 71.0. The highest BCUT2D eigenvalue weighted by Gasteiger charge is 2.29. The molecule has 0 aliphatic heterocycles. The fraction of sp³-hybridized carbons (Fsp3) is 0.375. The molecule has 0 bridgehead atoms. The maximum absolute atomic E-state index is 12.1. The van der Waals surface area contributed by atoms with Gasteiger partial charge in [-0.15, -0.1) is 5.10 Å². The van der Waals surface area contributed by atoms with Crippen LogP contribution >= 0.6 is 11.5 Å². The maximum Gasteiger partial charge on any atom is 0.408 e. The van der Waals surface area contributed by atoms with E-state index in [0.717, 1.165) is 6.33 Å². The summed E-state index contributed by atoms with van der Waals surface area (Å²) in [6.45, 7) is -1.36. The normalized spacial score (nSPS) is 12.4. The van der Waals surface area contributed by atoms with Crippen LogP contribution in [0.4, 0.5) is 19.1 Å². The van der Waals surface area contributed by atoms with Crippen molar-refractivity contribution in [1.82, 2.24) is 19.1 Å². The van der Waals surface area contributed by atoms with E-state index < -0.39 is 28.7 Å². The second-order valence-electron chi connectivity index (χ2n) is 3.67. The van der Waals surface area contributed by atoms with Crippen LogP contribution in [0.1, 0.15) is 0 Å². The summed E-state index contributed by atoms with van der Waals surface area (Å²) in [5.74, 6) is -0.359. The molecule has 116 valence electrons. The highest BCUT2D eigenvalue weighted by atomic mass is 32.2. The average Bonchev–Trinajstić information content (AvgIpc) is 2.95. The Bertz CT molecular complexity index is 724. The fourth-order valence-corrected chi connectivity index (χ4v) is 3.02. The smallest absolute Gasteiger partial charge is 0.408 e. The molecule has 0 atom stereocenters. The summed E-state index contributed by atoms with van der Waals surface area (Å²) in [5, 5.41) is 3.38. The number of hydrogen-bond donors (Lipinski definition) is 1.